The van der Waals surface area contributed by atoms with Crippen LogP contribution in [0.25, 0.3) is 10.9 Å². The Morgan fingerprint density at radius 2 is 2.19 bits per heavy atom. The lowest BCUT2D eigenvalue weighted by atomic mass is 10.0. The Labute approximate surface area is 121 Å². The molecule has 0 bridgehead atoms. The highest BCUT2D eigenvalue weighted by Crippen LogP contribution is 2.21. The lowest BCUT2D eigenvalue weighted by Crippen LogP contribution is -2.27. The van der Waals surface area contributed by atoms with E-state index in [1.165, 1.54) is 25.6 Å². The molecule has 21 heavy (non-hydrogen) atoms. The molecule has 0 unspecified atom stereocenters. The molecule has 0 aliphatic carbocycles. The van der Waals surface area contributed by atoms with Gasteiger partial charge in [-0.3, -0.25) is 9.36 Å². The first-order chi connectivity index (χ1) is 10.2. The fourth-order valence-electron chi connectivity index (χ4n) is 2.65. The highest BCUT2D eigenvalue weighted by molar-refractivity contribution is 5.79. The summed E-state index contributed by atoms with van der Waals surface area (Å²) in [6.07, 6.45) is 3.38. The smallest absolute Gasteiger partial charge is 0.261 e. The van der Waals surface area contributed by atoms with Crippen LogP contribution >= 0.6 is 0 Å². The Morgan fingerprint density at radius 3 is 2.90 bits per heavy atom. The number of methoxy groups -OCH3 is 1. The molecule has 0 atom stereocenters. The van der Waals surface area contributed by atoms with Crippen molar-refractivity contribution in [1.82, 2.24) is 9.55 Å². The van der Waals surface area contributed by atoms with E-state index in [9.17, 15) is 9.18 Å². The van der Waals surface area contributed by atoms with E-state index in [4.69, 9.17) is 9.47 Å². The van der Waals surface area contributed by atoms with Crippen molar-refractivity contribution >= 4 is 10.9 Å². The number of ether oxygens (including phenoxy) is 2. The normalized spacial score (nSPS) is 16.3. The van der Waals surface area contributed by atoms with E-state index in [1.54, 1.807) is 4.57 Å². The van der Waals surface area contributed by atoms with Gasteiger partial charge in [-0.25, -0.2) is 9.37 Å². The number of hydrogen-bond acceptors (Lipinski definition) is 4. The van der Waals surface area contributed by atoms with Crippen molar-refractivity contribution in [3.05, 3.63) is 34.6 Å². The number of fused-ring (bicyclic) bond motifs is 1. The Kier molecular flexibility index (Phi) is 3.88. The SMILES string of the molecule is COc1cc2c(=O)n(CC3CCOCC3)cnc2cc1F. The monoisotopic (exact) mass is 292 g/mol. The van der Waals surface area contributed by atoms with Gasteiger partial charge in [0.05, 0.1) is 24.3 Å². The Morgan fingerprint density at radius 1 is 1.43 bits per heavy atom. The molecule has 5 nitrogen and oxygen atoms in total. The van der Waals surface area contributed by atoms with Crippen LogP contribution in [0.3, 0.4) is 0 Å². The third-order valence-electron chi connectivity index (χ3n) is 3.89. The maximum atomic E-state index is 13.6. The predicted octanol–water partition coefficient (Wildman–Crippen LogP) is 1.97. The van der Waals surface area contributed by atoms with Gasteiger partial charge in [0, 0.05) is 25.8 Å². The van der Waals surface area contributed by atoms with E-state index in [-0.39, 0.29) is 11.3 Å². The van der Waals surface area contributed by atoms with E-state index in [0.29, 0.717) is 23.4 Å². The van der Waals surface area contributed by atoms with E-state index >= 15 is 0 Å². The number of benzene rings is 1. The molecule has 1 saturated heterocycles. The topological polar surface area (TPSA) is 53.4 Å². The molecule has 1 fully saturated rings. The first kappa shape index (κ1) is 14.0. The molecule has 0 spiro atoms. The van der Waals surface area contributed by atoms with E-state index < -0.39 is 5.82 Å². The second-order valence-electron chi connectivity index (χ2n) is 5.26. The maximum absolute atomic E-state index is 13.6. The summed E-state index contributed by atoms with van der Waals surface area (Å²) in [5, 5.41) is 0.378. The van der Waals surface area contributed by atoms with Gasteiger partial charge >= 0.3 is 0 Å². The highest BCUT2D eigenvalue weighted by atomic mass is 19.1. The third kappa shape index (κ3) is 2.76. The average molecular weight is 292 g/mol. The highest BCUT2D eigenvalue weighted by Gasteiger charge is 2.16. The summed E-state index contributed by atoms with van der Waals surface area (Å²) in [4.78, 5) is 16.7. The van der Waals surface area contributed by atoms with Crippen molar-refractivity contribution in [1.29, 1.82) is 0 Å². The molecule has 1 aliphatic heterocycles. The molecule has 6 heteroatoms. The van der Waals surface area contributed by atoms with Crippen LogP contribution in [0.15, 0.2) is 23.3 Å². The maximum Gasteiger partial charge on any atom is 0.261 e. The summed E-state index contributed by atoms with van der Waals surface area (Å²) >= 11 is 0. The van der Waals surface area contributed by atoms with E-state index in [1.807, 2.05) is 0 Å². The number of rotatable bonds is 3. The van der Waals surface area contributed by atoms with Crippen LogP contribution in [0.1, 0.15) is 12.8 Å². The minimum absolute atomic E-state index is 0.0604. The number of hydrogen-bond donors (Lipinski definition) is 0. The van der Waals surface area contributed by atoms with Crippen LogP contribution in [-0.2, 0) is 11.3 Å². The molecule has 2 aromatic rings. The molecule has 1 aromatic heterocycles. The minimum atomic E-state index is -0.515. The average Bonchev–Trinajstić information content (AvgIpc) is 2.51. The van der Waals surface area contributed by atoms with Crippen LogP contribution < -0.4 is 10.3 Å². The van der Waals surface area contributed by atoms with Gasteiger partial charge in [0.15, 0.2) is 11.6 Å². The Hall–Kier alpha value is -1.95. The number of halogens is 1. The van der Waals surface area contributed by atoms with Gasteiger partial charge < -0.3 is 9.47 Å². The summed E-state index contributed by atoms with van der Waals surface area (Å²) in [7, 11) is 1.38. The minimum Gasteiger partial charge on any atom is -0.494 e. The lowest BCUT2D eigenvalue weighted by Gasteiger charge is -2.22. The molecule has 1 aromatic carbocycles. The van der Waals surface area contributed by atoms with Gasteiger partial charge in [0.2, 0.25) is 0 Å². The zero-order valence-corrected chi connectivity index (χ0v) is 11.8. The first-order valence-corrected chi connectivity index (χ1v) is 6.99. The quantitative estimate of drug-likeness (QED) is 0.868. The molecule has 0 saturated carbocycles. The molecule has 0 N–H and O–H groups in total. The third-order valence-corrected chi connectivity index (χ3v) is 3.89. The predicted molar refractivity (Wildman–Crippen MR) is 76.1 cm³/mol. The van der Waals surface area contributed by atoms with Crippen molar-refractivity contribution in [2.75, 3.05) is 20.3 Å². The first-order valence-electron chi connectivity index (χ1n) is 6.99. The zero-order chi connectivity index (χ0) is 14.8. The fourth-order valence-corrected chi connectivity index (χ4v) is 2.65. The summed E-state index contributed by atoms with van der Waals surface area (Å²) in [6.45, 7) is 2.09. The fraction of sp³-hybridized carbons (Fsp3) is 0.467. The summed E-state index contributed by atoms with van der Waals surface area (Å²) in [5.74, 6) is -0.0395. The van der Waals surface area contributed by atoms with E-state index in [0.717, 1.165) is 26.1 Å². The second kappa shape index (κ2) is 5.81. The van der Waals surface area contributed by atoms with Gasteiger partial charge in [0.1, 0.15) is 0 Å². The zero-order valence-electron chi connectivity index (χ0n) is 11.8. The van der Waals surface area contributed by atoms with Crippen molar-refractivity contribution in [3.63, 3.8) is 0 Å². The molecule has 2 heterocycles. The molecule has 1 aliphatic rings. The van der Waals surface area contributed by atoms with Gasteiger partial charge in [-0.1, -0.05) is 0 Å². The standard InChI is InChI=1S/C15H17FN2O3/c1-20-14-6-11-13(7-12(14)16)17-9-18(15(11)19)8-10-2-4-21-5-3-10/h6-7,9-10H,2-5,8H2,1H3. The van der Waals surface area contributed by atoms with Gasteiger partial charge in [-0.05, 0) is 24.8 Å². The number of aromatic nitrogens is 2. The summed E-state index contributed by atoms with van der Waals surface area (Å²) in [5.41, 5.74) is 0.186. The molecule has 0 amide bonds. The van der Waals surface area contributed by atoms with Gasteiger partial charge in [0.25, 0.3) is 5.56 Å². The van der Waals surface area contributed by atoms with Crippen LogP contribution in [0.5, 0.6) is 5.75 Å². The van der Waals surface area contributed by atoms with Gasteiger partial charge in [-0.2, -0.15) is 0 Å². The molecular weight excluding hydrogens is 275 g/mol. The van der Waals surface area contributed by atoms with Gasteiger partial charge in [-0.15, -0.1) is 0 Å². The van der Waals surface area contributed by atoms with Crippen LogP contribution in [0.4, 0.5) is 4.39 Å². The molecule has 3 rings (SSSR count). The molecule has 0 radical (unpaired) electrons. The summed E-state index contributed by atoms with van der Waals surface area (Å²) in [6, 6.07) is 2.65. The van der Waals surface area contributed by atoms with Crippen molar-refractivity contribution in [2.45, 2.75) is 19.4 Å². The largest absolute Gasteiger partial charge is 0.494 e. The van der Waals surface area contributed by atoms with Crippen molar-refractivity contribution < 1.29 is 13.9 Å². The Bertz CT molecular complexity index is 708. The second-order valence-corrected chi connectivity index (χ2v) is 5.26. The van der Waals surface area contributed by atoms with Crippen LogP contribution in [0, 0.1) is 11.7 Å². The Balaban J connectivity index is 1.98. The van der Waals surface area contributed by atoms with Crippen LogP contribution in [0.2, 0.25) is 0 Å². The molecule has 112 valence electrons. The van der Waals surface area contributed by atoms with Crippen LogP contribution in [-0.4, -0.2) is 29.9 Å². The van der Waals surface area contributed by atoms with Crippen molar-refractivity contribution in [2.24, 2.45) is 5.92 Å². The summed E-state index contributed by atoms with van der Waals surface area (Å²) < 4.78 is 25.5. The number of nitrogens with zero attached hydrogens (tertiary/aromatic N) is 2. The van der Waals surface area contributed by atoms with Crippen molar-refractivity contribution in [3.8, 4) is 5.75 Å². The molecular formula is C15H17FN2O3. The lowest BCUT2D eigenvalue weighted by molar-refractivity contribution is 0.0609. The van der Waals surface area contributed by atoms with E-state index in [2.05, 4.69) is 4.98 Å².